The molecule has 0 atom stereocenters. The number of thiazole rings is 1. The van der Waals surface area contributed by atoms with Crippen LogP contribution in [0.5, 0.6) is 11.5 Å². The lowest BCUT2D eigenvalue weighted by Crippen LogP contribution is -2.38. The molecule has 1 aromatic heterocycles. The molecule has 0 aliphatic heterocycles. The van der Waals surface area contributed by atoms with E-state index in [2.05, 4.69) is 43.9 Å². The molecule has 0 radical (unpaired) electrons. The summed E-state index contributed by atoms with van der Waals surface area (Å²) in [5.74, 6) is 1.78. The molecule has 0 unspecified atom stereocenters. The molecule has 2 aromatic carbocycles. The summed E-state index contributed by atoms with van der Waals surface area (Å²) in [6.07, 6.45) is 0. The van der Waals surface area contributed by atoms with Crippen molar-refractivity contribution in [3.8, 4) is 22.1 Å². The Kier molecular flexibility index (Phi) is 4.16. The number of fused-ring (bicyclic) bond motifs is 1. The third-order valence-electron chi connectivity index (χ3n) is 3.85. The first-order valence-corrected chi connectivity index (χ1v) is 11.9. The van der Waals surface area contributed by atoms with Gasteiger partial charge in [0.05, 0.1) is 32.5 Å². The van der Waals surface area contributed by atoms with Crippen molar-refractivity contribution in [2.24, 2.45) is 0 Å². The summed E-state index contributed by atoms with van der Waals surface area (Å²) in [6, 6.07) is 12.3. The van der Waals surface area contributed by atoms with Crippen molar-refractivity contribution in [1.29, 1.82) is 0 Å². The summed E-state index contributed by atoms with van der Waals surface area (Å²) >= 11 is 1.71. The van der Waals surface area contributed by atoms with Crippen molar-refractivity contribution in [1.82, 2.24) is 4.98 Å². The van der Waals surface area contributed by atoms with E-state index in [1.54, 1.807) is 25.6 Å². The van der Waals surface area contributed by atoms with E-state index in [4.69, 9.17) is 14.5 Å². The predicted molar refractivity (Wildman–Crippen MR) is 101 cm³/mol. The molecule has 120 valence electrons. The van der Waals surface area contributed by atoms with Gasteiger partial charge in [0, 0.05) is 5.56 Å². The standard InChI is InChI=1S/C18H21NO2SSi/c1-20-13-8-6-12(7-9-13)18-19-17-15(22-18)10-14(21-2)11-16(17)23(3,4)5/h6-11H,1-5H3. The van der Waals surface area contributed by atoms with E-state index < -0.39 is 8.07 Å². The lowest BCUT2D eigenvalue weighted by molar-refractivity contribution is 0.415. The first-order chi connectivity index (χ1) is 10.9. The number of hydrogen-bond acceptors (Lipinski definition) is 4. The van der Waals surface area contributed by atoms with E-state index in [9.17, 15) is 0 Å². The second-order valence-electron chi connectivity index (χ2n) is 6.52. The third-order valence-corrected chi connectivity index (χ3v) is 6.90. The summed E-state index contributed by atoms with van der Waals surface area (Å²) < 4.78 is 11.9. The highest BCUT2D eigenvalue weighted by Crippen LogP contribution is 2.33. The summed E-state index contributed by atoms with van der Waals surface area (Å²) in [4.78, 5) is 4.94. The number of aromatic nitrogens is 1. The largest absolute Gasteiger partial charge is 0.497 e. The molecule has 0 fully saturated rings. The lowest BCUT2D eigenvalue weighted by atomic mass is 10.2. The fourth-order valence-electron chi connectivity index (χ4n) is 2.55. The Hall–Kier alpha value is -1.85. The van der Waals surface area contributed by atoms with Crippen molar-refractivity contribution in [3.05, 3.63) is 36.4 Å². The molecule has 0 spiro atoms. The normalized spacial score (nSPS) is 11.7. The number of hydrogen-bond donors (Lipinski definition) is 0. The molecule has 5 heteroatoms. The quantitative estimate of drug-likeness (QED) is 0.652. The van der Waals surface area contributed by atoms with Gasteiger partial charge >= 0.3 is 0 Å². The molecular formula is C18H21NO2SSi. The summed E-state index contributed by atoms with van der Waals surface area (Å²) in [5.41, 5.74) is 2.24. The minimum atomic E-state index is -1.50. The van der Waals surface area contributed by atoms with E-state index in [0.29, 0.717) is 0 Å². The van der Waals surface area contributed by atoms with E-state index in [-0.39, 0.29) is 0 Å². The van der Waals surface area contributed by atoms with Crippen LogP contribution in [0.4, 0.5) is 0 Å². The number of ether oxygens (including phenoxy) is 2. The van der Waals surface area contributed by atoms with Crippen molar-refractivity contribution in [2.75, 3.05) is 14.2 Å². The van der Waals surface area contributed by atoms with E-state index in [1.807, 2.05) is 12.1 Å². The van der Waals surface area contributed by atoms with Gasteiger partial charge in [-0.1, -0.05) is 19.6 Å². The van der Waals surface area contributed by atoms with Gasteiger partial charge in [0.2, 0.25) is 0 Å². The summed E-state index contributed by atoms with van der Waals surface area (Å²) in [5, 5.41) is 2.39. The topological polar surface area (TPSA) is 31.4 Å². The number of benzene rings is 2. The highest BCUT2D eigenvalue weighted by Gasteiger charge is 2.23. The summed E-state index contributed by atoms with van der Waals surface area (Å²) in [6.45, 7) is 7.02. The van der Waals surface area contributed by atoms with Crippen LogP contribution in [0, 0.1) is 0 Å². The van der Waals surface area contributed by atoms with Crippen LogP contribution in [0.2, 0.25) is 19.6 Å². The molecule has 0 amide bonds. The van der Waals surface area contributed by atoms with Crippen molar-refractivity contribution in [3.63, 3.8) is 0 Å². The second-order valence-corrected chi connectivity index (χ2v) is 12.6. The molecule has 3 nitrogen and oxygen atoms in total. The molecular weight excluding hydrogens is 322 g/mol. The molecule has 23 heavy (non-hydrogen) atoms. The number of nitrogens with zero attached hydrogens (tertiary/aromatic N) is 1. The van der Waals surface area contributed by atoms with E-state index in [1.165, 1.54) is 9.89 Å². The van der Waals surface area contributed by atoms with Crippen LogP contribution in [0.15, 0.2) is 36.4 Å². The zero-order chi connectivity index (χ0) is 16.6. The van der Waals surface area contributed by atoms with Gasteiger partial charge in [-0.15, -0.1) is 11.3 Å². The van der Waals surface area contributed by atoms with Crippen LogP contribution < -0.4 is 14.7 Å². The van der Waals surface area contributed by atoms with Crippen LogP contribution in [-0.4, -0.2) is 27.3 Å². The fourth-order valence-corrected chi connectivity index (χ4v) is 5.14. The molecule has 0 saturated carbocycles. The molecule has 0 aliphatic carbocycles. The van der Waals surface area contributed by atoms with Gasteiger partial charge in [-0.2, -0.15) is 0 Å². The van der Waals surface area contributed by atoms with E-state index >= 15 is 0 Å². The maximum Gasteiger partial charge on any atom is 0.124 e. The van der Waals surface area contributed by atoms with Crippen LogP contribution in [0.3, 0.4) is 0 Å². The van der Waals surface area contributed by atoms with Gasteiger partial charge in [0.25, 0.3) is 0 Å². The fraction of sp³-hybridized carbons (Fsp3) is 0.278. The van der Waals surface area contributed by atoms with Crippen LogP contribution in [0.25, 0.3) is 20.8 Å². The second kappa shape index (κ2) is 5.98. The maximum absolute atomic E-state index is 5.49. The summed E-state index contributed by atoms with van der Waals surface area (Å²) in [7, 11) is 1.90. The highest BCUT2D eigenvalue weighted by atomic mass is 32.1. The molecule has 3 rings (SSSR count). The van der Waals surface area contributed by atoms with Crippen LogP contribution in [0.1, 0.15) is 0 Å². The minimum Gasteiger partial charge on any atom is -0.497 e. The Morgan fingerprint density at radius 2 is 1.57 bits per heavy atom. The van der Waals surface area contributed by atoms with Gasteiger partial charge in [-0.05, 0) is 41.6 Å². The van der Waals surface area contributed by atoms with Crippen LogP contribution in [-0.2, 0) is 0 Å². The van der Waals surface area contributed by atoms with Gasteiger partial charge in [-0.3, -0.25) is 0 Å². The zero-order valence-electron chi connectivity index (χ0n) is 14.1. The molecule has 0 aliphatic rings. The average Bonchev–Trinajstić information content (AvgIpc) is 2.96. The zero-order valence-corrected chi connectivity index (χ0v) is 16.0. The third kappa shape index (κ3) is 3.12. The van der Waals surface area contributed by atoms with Gasteiger partial charge in [-0.25, -0.2) is 4.98 Å². The molecule has 0 saturated heterocycles. The van der Waals surface area contributed by atoms with Gasteiger partial charge in [0.1, 0.15) is 16.5 Å². The molecule has 0 bridgehead atoms. The molecule has 1 heterocycles. The first-order valence-electron chi connectivity index (χ1n) is 7.56. The maximum atomic E-state index is 5.49. The monoisotopic (exact) mass is 343 g/mol. The molecule has 0 N–H and O–H groups in total. The Balaban J connectivity index is 2.17. The predicted octanol–water partition coefficient (Wildman–Crippen LogP) is 4.53. The van der Waals surface area contributed by atoms with E-state index in [0.717, 1.165) is 27.6 Å². The van der Waals surface area contributed by atoms with Gasteiger partial charge in [0.15, 0.2) is 0 Å². The Morgan fingerprint density at radius 1 is 0.913 bits per heavy atom. The SMILES string of the molecule is COc1ccc(-c2nc3c([Si](C)(C)C)cc(OC)cc3s2)cc1. The van der Waals surface area contributed by atoms with Crippen molar-refractivity contribution in [2.45, 2.75) is 19.6 Å². The average molecular weight is 344 g/mol. The first kappa shape index (κ1) is 16.0. The highest BCUT2D eigenvalue weighted by molar-refractivity contribution is 7.22. The Bertz CT molecular complexity index is 835. The van der Waals surface area contributed by atoms with Crippen LogP contribution >= 0.6 is 11.3 Å². The number of methoxy groups -OCH3 is 2. The smallest absolute Gasteiger partial charge is 0.124 e. The number of rotatable bonds is 4. The minimum absolute atomic E-state index is 0.860. The van der Waals surface area contributed by atoms with Gasteiger partial charge < -0.3 is 9.47 Å². The lowest BCUT2D eigenvalue weighted by Gasteiger charge is -2.18. The Labute approximate surface area is 141 Å². The van der Waals surface area contributed by atoms with Crippen molar-refractivity contribution < 1.29 is 9.47 Å². The Morgan fingerprint density at radius 3 is 2.13 bits per heavy atom. The molecule has 3 aromatic rings. The van der Waals surface area contributed by atoms with Crippen molar-refractivity contribution >= 4 is 34.8 Å².